The van der Waals surface area contributed by atoms with Crippen LogP contribution >= 0.6 is 0 Å². The number of carbonyl (C=O) groups is 2. The predicted molar refractivity (Wildman–Crippen MR) is 76.2 cm³/mol. The van der Waals surface area contributed by atoms with Gasteiger partial charge in [-0.15, -0.1) is 0 Å². The maximum absolute atomic E-state index is 12.3. The highest BCUT2D eigenvalue weighted by atomic mass is 16.7. The zero-order chi connectivity index (χ0) is 14.8. The van der Waals surface area contributed by atoms with Crippen molar-refractivity contribution in [1.29, 1.82) is 0 Å². The van der Waals surface area contributed by atoms with E-state index in [4.69, 9.17) is 9.47 Å². The summed E-state index contributed by atoms with van der Waals surface area (Å²) in [6, 6.07) is 5.32. The van der Waals surface area contributed by atoms with Crippen molar-refractivity contribution in [3.8, 4) is 11.5 Å². The van der Waals surface area contributed by atoms with Crippen LogP contribution < -0.4 is 14.8 Å². The van der Waals surface area contributed by atoms with Gasteiger partial charge in [0.2, 0.25) is 18.6 Å². The molecule has 0 saturated carbocycles. The van der Waals surface area contributed by atoms with Gasteiger partial charge in [0.1, 0.15) is 0 Å². The molecule has 2 aliphatic rings. The van der Waals surface area contributed by atoms with E-state index in [1.54, 1.807) is 23.1 Å². The van der Waals surface area contributed by atoms with Gasteiger partial charge in [0, 0.05) is 31.8 Å². The molecule has 1 aromatic carbocycles. The minimum absolute atomic E-state index is 0.0237. The second-order valence-corrected chi connectivity index (χ2v) is 5.36. The molecule has 2 aliphatic heterocycles. The Balaban J connectivity index is 1.64. The van der Waals surface area contributed by atoms with Gasteiger partial charge >= 0.3 is 0 Å². The van der Waals surface area contributed by atoms with Crippen LogP contribution in [0.1, 0.15) is 19.8 Å². The molecule has 6 nitrogen and oxygen atoms in total. The molecule has 21 heavy (non-hydrogen) atoms. The molecule has 1 N–H and O–H groups in total. The zero-order valence-electron chi connectivity index (χ0n) is 11.9. The van der Waals surface area contributed by atoms with Crippen molar-refractivity contribution < 1.29 is 19.1 Å². The van der Waals surface area contributed by atoms with Gasteiger partial charge in [0.15, 0.2) is 11.5 Å². The Morgan fingerprint density at radius 1 is 1.29 bits per heavy atom. The van der Waals surface area contributed by atoms with Crippen LogP contribution in [-0.4, -0.2) is 36.6 Å². The number of hydrogen-bond donors (Lipinski definition) is 1. The number of hydrogen-bond acceptors (Lipinski definition) is 4. The fraction of sp³-hybridized carbons (Fsp3) is 0.467. The molecule has 0 aromatic heterocycles. The van der Waals surface area contributed by atoms with E-state index >= 15 is 0 Å². The van der Waals surface area contributed by atoms with E-state index in [2.05, 4.69) is 5.32 Å². The van der Waals surface area contributed by atoms with Crippen molar-refractivity contribution >= 4 is 17.5 Å². The topological polar surface area (TPSA) is 67.9 Å². The van der Waals surface area contributed by atoms with Crippen molar-refractivity contribution in [3.05, 3.63) is 18.2 Å². The molecular formula is C15H18N2O4. The highest BCUT2D eigenvalue weighted by molar-refractivity contribution is 5.93. The van der Waals surface area contributed by atoms with Crippen LogP contribution in [-0.2, 0) is 9.59 Å². The van der Waals surface area contributed by atoms with E-state index in [9.17, 15) is 9.59 Å². The van der Waals surface area contributed by atoms with E-state index in [-0.39, 0.29) is 24.5 Å². The Morgan fingerprint density at radius 2 is 2.10 bits per heavy atom. The molecule has 1 atom stereocenters. The summed E-state index contributed by atoms with van der Waals surface area (Å²) in [6.07, 6.45) is 1.67. The molecule has 1 saturated heterocycles. The van der Waals surface area contributed by atoms with E-state index < -0.39 is 0 Å². The molecular weight excluding hydrogens is 272 g/mol. The third kappa shape index (κ3) is 2.94. The first-order valence-electron chi connectivity index (χ1n) is 7.09. The summed E-state index contributed by atoms with van der Waals surface area (Å²) >= 11 is 0. The molecule has 3 rings (SSSR count). The second kappa shape index (κ2) is 5.63. The van der Waals surface area contributed by atoms with Gasteiger partial charge in [-0.3, -0.25) is 9.59 Å². The lowest BCUT2D eigenvalue weighted by atomic mass is 9.97. The van der Waals surface area contributed by atoms with Gasteiger partial charge in [0.05, 0.1) is 5.92 Å². The molecule has 0 bridgehead atoms. The standard InChI is InChI=1S/C15H18N2O4/c1-10(18)17-6-2-3-11(8-17)15(19)16-12-4-5-13-14(7-12)21-9-20-13/h4-5,7,11H,2-3,6,8-9H2,1H3,(H,16,19)/t11-/m1/s1. The van der Waals surface area contributed by atoms with E-state index in [0.717, 1.165) is 19.4 Å². The number of rotatable bonds is 2. The number of benzene rings is 1. The average Bonchev–Trinajstić information content (AvgIpc) is 2.95. The summed E-state index contributed by atoms with van der Waals surface area (Å²) in [7, 11) is 0. The summed E-state index contributed by atoms with van der Waals surface area (Å²) < 4.78 is 10.5. The van der Waals surface area contributed by atoms with Crippen LogP contribution in [0.25, 0.3) is 0 Å². The molecule has 1 aromatic rings. The Bertz CT molecular complexity index is 573. The molecule has 0 aliphatic carbocycles. The van der Waals surface area contributed by atoms with E-state index in [0.29, 0.717) is 23.7 Å². The van der Waals surface area contributed by atoms with E-state index in [1.807, 2.05) is 0 Å². The number of amides is 2. The molecule has 112 valence electrons. The predicted octanol–water partition coefficient (Wildman–Crippen LogP) is 1.61. The van der Waals surface area contributed by atoms with Gasteiger partial charge < -0.3 is 19.7 Å². The lowest BCUT2D eigenvalue weighted by Crippen LogP contribution is -2.42. The molecule has 0 spiro atoms. The van der Waals surface area contributed by atoms with Crippen molar-refractivity contribution in [2.75, 3.05) is 25.2 Å². The quantitative estimate of drug-likeness (QED) is 0.898. The Hall–Kier alpha value is -2.24. The summed E-state index contributed by atoms with van der Waals surface area (Å²) in [5, 5.41) is 2.89. The van der Waals surface area contributed by atoms with Crippen molar-refractivity contribution in [3.63, 3.8) is 0 Å². The lowest BCUT2D eigenvalue weighted by Gasteiger charge is -2.31. The van der Waals surface area contributed by atoms with E-state index in [1.165, 1.54) is 6.92 Å². The highest BCUT2D eigenvalue weighted by Crippen LogP contribution is 2.34. The number of ether oxygens (including phenoxy) is 2. The first kappa shape index (κ1) is 13.7. The number of nitrogens with one attached hydrogen (secondary N) is 1. The average molecular weight is 290 g/mol. The largest absolute Gasteiger partial charge is 0.454 e. The highest BCUT2D eigenvalue weighted by Gasteiger charge is 2.27. The number of piperidine rings is 1. The number of carbonyl (C=O) groups excluding carboxylic acids is 2. The molecule has 2 amide bonds. The Kier molecular flexibility index (Phi) is 3.68. The van der Waals surface area contributed by atoms with Gasteiger partial charge in [0.25, 0.3) is 0 Å². The molecule has 6 heteroatoms. The minimum Gasteiger partial charge on any atom is -0.454 e. The fourth-order valence-electron chi connectivity index (χ4n) is 2.70. The first-order valence-corrected chi connectivity index (χ1v) is 7.09. The van der Waals surface area contributed by atoms with Crippen molar-refractivity contribution in [1.82, 2.24) is 4.90 Å². The number of likely N-dealkylation sites (tertiary alicyclic amines) is 1. The SMILES string of the molecule is CC(=O)N1CCC[C@@H](C(=O)Nc2ccc3c(c2)OCO3)C1. The summed E-state index contributed by atoms with van der Waals surface area (Å²) in [5.74, 6) is 1.14. The monoisotopic (exact) mass is 290 g/mol. The first-order chi connectivity index (χ1) is 10.1. The molecule has 2 heterocycles. The van der Waals surface area contributed by atoms with Crippen LogP contribution in [0.2, 0.25) is 0 Å². The van der Waals surface area contributed by atoms with Gasteiger partial charge in [-0.05, 0) is 25.0 Å². The van der Waals surface area contributed by atoms with Crippen LogP contribution in [0.15, 0.2) is 18.2 Å². The molecule has 1 fully saturated rings. The van der Waals surface area contributed by atoms with Crippen molar-refractivity contribution in [2.45, 2.75) is 19.8 Å². The van der Waals surface area contributed by atoms with Crippen LogP contribution in [0.5, 0.6) is 11.5 Å². The van der Waals surface area contributed by atoms with Gasteiger partial charge in [-0.2, -0.15) is 0 Å². The number of fused-ring (bicyclic) bond motifs is 1. The summed E-state index contributed by atoms with van der Waals surface area (Å²) in [6.45, 7) is 2.98. The zero-order valence-corrected chi connectivity index (χ0v) is 11.9. The van der Waals surface area contributed by atoms with Crippen LogP contribution in [0.4, 0.5) is 5.69 Å². The second-order valence-electron chi connectivity index (χ2n) is 5.36. The van der Waals surface area contributed by atoms with Crippen LogP contribution in [0, 0.1) is 5.92 Å². The smallest absolute Gasteiger partial charge is 0.231 e. The van der Waals surface area contributed by atoms with Gasteiger partial charge in [-0.1, -0.05) is 0 Å². The third-order valence-electron chi connectivity index (χ3n) is 3.88. The third-order valence-corrected chi connectivity index (χ3v) is 3.88. The number of anilines is 1. The fourth-order valence-corrected chi connectivity index (χ4v) is 2.70. The lowest BCUT2D eigenvalue weighted by molar-refractivity contribution is -0.132. The Labute approximate surface area is 123 Å². The molecule has 0 unspecified atom stereocenters. The molecule has 0 radical (unpaired) electrons. The van der Waals surface area contributed by atoms with Gasteiger partial charge in [-0.25, -0.2) is 0 Å². The normalized spacial score (nSPS) is 20.2. The van der Waals surface area contributed by atoms with Crippen LogP contribution in [0.3, 0.4) is 0 Å². The number of nitrogens with zero attached hydrogens (tertiary/aromatic N) is 1. The van der Waals surface area contributed by atoms with Crippen molar-refractivity contribution in [2.24, 2.45) is 5.92 Å². The summed E-state index contributed by atoms with van der Waals surface area (Å²) in [5.41, 5.74) is 0.684. The Morgan fingerprint density at radius 3 is 2.90 bits per heavy atom. The maximum Gasteiger partial charge on any atom is 0.231 e. The summed E-state index contributed by atoms with van der Waals surface area (Å²) in [4.78, 5) is 25.5. The minimum atomic E-state index is -0.159. The maximum atomic E-state index is 12.3.